The molecule has 1 saturated heterocycles. The van der Waals surface area contributed by atoms with Gasteiger partial charge in [-0.25, -0.2) is 0 Å². The third kappa shape index (κ3) is 2.54. The highest BCUT2D eigenvalue weighted by Gasteiger charge is 2.35. The Balaban J connectivity index is 2.07. The molecular formula is C13H22N2O2. The molecule has 1 fully saturated rings. The fraction of sp³-hybridized carbons (Fsp3) is 0.692. The lowest BCUT2D eigenvalue weighted by molar-refractivity contribution is -0.0376. The Labute approximate surface area is 103 Å². The molecule has 0 amide bonds. The molecule has 96 valence electrons. The van der Waals surface area contributed by atoms with Crippen molar-refractivity contribution >= 4 is 0 Å². The molecule has 0 aliphatic carbocycles. The lowest BCUT2D eigenvalue weighted by Crippen LogP contribution is -2.56. The van der Waals surface area contributed by atoms with Gasteiger partial charge in [-0.15, -0.1) is 0 Å². The summed E-state index contributed by atoms with van der Waals surface area (Å²) in [6, 6.07) is 2.03. The maximum Gasteiger partial charge on any atom is 0.105 e. The first-order valence-corrected chi connectivity index (χ1v) is 6.20. The normalized spacial score (nSPS) is 25.4. The van der Waals surface area contributed by atoms with Gasteiger partial charge in [0.1, 0.15) is 5.76 Å². The Kier molecular flexibility index (Phi) is 3.86. The molecule has 1 aromatic rings. The van der Waals surface area contributed by atoms with Crippen molar-refractivity contribution in [1.82, 2.24) is 4.90 Å². The first-order chi connectivity index (χ1) is 8.18. The molecule has 0 spiro atoms. The zero-order valence-electron chi connectivity index (χ0n) is 10.7. The van der Waals surface area contributed by atoms with Crippen LogP contribution in [0.15, 0.2) is 16.7 Å². The van der Waals surface area contributed by atoms with E-state index in [9.17, 15) is 0 Å². The van der Waals surface area contributed by atoms with E-state index >= 15 is 0 Å². The molecule has 1 unspecified atom stereocenters. The molecule has 1 atom stereocenters. The van der Waals surface area contributed by atoms with Crippen LogP contribution in [0.25, 0.3) is 0 Å². The topological polar surface area (TPSA) is 51.6 Å². The van der Waals surface area contributed by atoms with Crippen molar-refractivity contribution in [3.63, 3.8) is 0 Å². The number of hydrogen-bond acceptors (Lipinski definition) is 4. The minimum Gasteiger partial charge on any atom is -0.469 e. The van der Waals surface area contributed by atoms with E-state index in [2.05, 4.69) is 11.9 Å². The summed E-state index contributed by atoms with van der Waals surface area (Å²) in [5.74, 6) is 0.987. The zero-order valence-corrected chi connectivity index (χ0v) is 10.7. The molecule has 1 aliphatic heterocycles. The fourth-order valence-electron chi connectivity index (χ4n) is 2.45. The van der Waals surface area contributed by atoms with Crippen molar-refractivity contribution in [2.75, 3.05) is 26.8 Å². The average Bonchev–Trinajstić information content (AvgIpc) is 2.76. The van der Waals surface area contributed by atoms with Crippen molar-refractivity contribution in [1.29, 1.82) is 0 Å². The van der Waals surface area contributed by atoms with Gasteiger partial charge >= 0.3 is 0 Å². The summed E-state index contributed by atoms with van der Waals surface area (Å²) in [5.41, 5.74) is 7.18. The van der Waals surface area contributed by atoms with Crippen molar-refractivity contribution in [3.05, 3.63) is 23.7 Å². The zero-order chi connectivity index (χ0) is 12.3. The van der Waals surface area contributed by atoms with Crippen LogP contribution in [0.5, 0.6) is 0 Å². The highest BCUT2D eigenvalue weighted by molar-refractivity contribution is 5.16. The van der Waals surface area contributed by atoms with Gasteiger partial charge in [0.05, 0.1) is 18.4 Å². The molecule has 1 aromatic heterocycles. The summed E-state index contributed by atoms with van der Waals surface area (Å²) in [7, 11) is 2.12. The first kappa shape index (κ1) is 12.6. The summed E-state index contributed by atoms with van der Waals surface area (Å²) in [5, 5.41) is 0. The second-order valence-electron chi connectivity index (χ2n) is 4.94. The molecular weight excluding hydrogens is 216 g/mol. The number of rotatable bonds is 4. The van der Waals surface area contributed by atoms with Crippen molar-refractivity contribution < 1.29 is 9.15 Å². The predicted molar refractivity (Wildman–Crippen MR) is 66.8 cm³/mol. The van der Waals surface area contributed by atoms with Crippen LogP contribution in [0.4, 0.5) is 0 Å². The predicted octanol–water partition coefficient (Wildman–Crippen LogP) is 1.53. The van der Waals surface area contributed by atoms with Gasteiger partial charge in [-0.3, -0.25) is 4.90 Å². The van der Waals surface area contributed by atoms with E-state index in [0.29, 0.717) is 6.54 Å². The van der Waals surface area contributed by atoms with Gasteiger partial charge in [0, 0.05) is 25.3 Å². The van der Waals surface area contributed by atoms with E-state index in [1.165, 1.54) is 5.56 Å². The highest BCUT2D eigenvalue weighted by atomic mass is 16.5. The number of aryl methyl sites for hydroxylation is 1. The van der Waals surface area contributed by atoms with Crippen LogP contribution in [-0.2, 0) is 11.3 Å². The Morgan fingerprint density at radius 2 is 2.35 bits per heavy atom. The van der Waals surface area contributed by atoms with Crippen LogP contribution in [0.1, 0.15) is 24.2 Å². The largest absolute Gasteiger partial charge is 0.469 e. The Morgan fingerprint density at radius 3 is 2.88 bits per heavy atom. The minimum atomic E-state index is -0.0119. The molecule has 0 saturated carbocycles. The number of nitrogens with zero attached hydrogens (tertiary/aromatic N) is 1. The van der Waals surface area contributed by atoms with Crippen LogP contribution in [0.2, 0.25) is 0 Å². The van der Waals surface area contributed by atoms with Crippen molar-refractivity contribution in [3.8, 4) is 0 Å². The monoisotopic (exact) mass is 238 g/mol. The maximum atomic E-state index is 5.96. The molecule has 2 rings (SSSR count). The van der Waals surface area contributed by atoms with Gasteiger partial charge in [0.25, 0.3) is 0 Å². The van der Waals surface area contributed by atoms with Crippen molar-refractivity contribution in [2.24, 2.45) is 5.73 Å². The van der Waals surface area contributed by atoms with E-state index < -0.39 is 0 Å². The van der Waals surface area contributed by atoms with E-state index in [4.69, 9.17) is 14.9 Å². The minimum absolute atomic E-state index is 0.0119. The van der Waals surface area contributed by atoms with E-state index in [1.54, 1.807) is 6.26 Å². The van der Waals surface area contributed by atoms with Crippen molar-refractivity contribution in [2.45, 2.75) is 31.8 Å². The first-order valence-electron chi connectivity index (χ1n) is 6.20. The Hall–Kier alpha value is -0.840. The van der Waals surface area contributed by atoms with E-state index in [-0.39, 0.29) is 5.54 Å². The summed E-state index contributed by atoms with van der Waals surface area (Å²) in [6.07, 6.45) is 3.94. The van der Waals surface area contributed by atoms with Gasteiger partial charge in [0.15, 0.2) is 0 Å². The quantitative estimate of drug-likeness (QED) is 0.864. The third-order valence-corrected chi connectivity index (χ3v) is 3.87. The van der Waals surface area contributed by atoms with Gasteiger partial charge in [0.2, 0.25) is 0 Å². The summed E-state index contributed by atoms with van der Waals surface area (Å²) >= 11 is 0. The number of nitrogens with two attached hydrogens (primary N) is 1. The van der Waals surface area contributed by atoms with Gasteiger partial charge < -0.3 is 14.9 Å². The SMILES string of the molecule is Cc1occc1CN(C)C1(CN)CCCOC1. The van der Waals surface area contributed by atoms with E-state index in [0.717, 1.165) is 38.4 Å². The second-order valence-corrected chi connectivity index (χ2v) is 4.94. The van der Waals surface area contributed by atoms with Crippen LogP contribution in [0, 0.1) is 6.92 Å². The molecule has 0 bridgehead atoms. The van der Waals surface area contributed by atoms with Crippen LogP contribution in [-0.4, -0.2) is 37.2 Å². The molecule has 2 N–H and O–H groups in total. The number of ether oxygens (including phenoxy) is 1. The second kappa shape index (κ2) is 5.21. The van der Waals surface area contributed by atoms with E-state index in [1.807, 2.05) is 13.0 Å². The van der Waals surface area contributed by atoms with Gasteiger partial charge in [-0.05, 0) is 32.9 Å². The fourth-order valence-corrected chi connectivity index (χ4v) is 2.45. The summed E-state index contributed by atoms with van der Waals surface area (Å²) in [4.78, 5) is 2.31. The molecule has 4 nitrogen and oxygen atoms in total. The number of hydrogen-bond donors (Lipinski definition) is 1. The lowest BCUT2D eigenvalue weighted by Gasteiger charge is -2.43. The van der Waals surface area contributed by atoms with Gasteiger partial charge in [-0.1, -0.05) is 0 Å². The van der Waals surface area contributed by atoms with Gasteiger partial charge in [-0.2, -0.15) is 0 Å². The summed E-state index contributed by atoms with van der Waals surface area (Å²) < 4.78 is 10.9. The number of furan rings is 1. The summed E-state index contributed by atoms with van der Waals surface area (Å²) in [6.45, 7) is 5.09. The standard InChI is InChI=1S/C13H22N2O2/c1-11-12(4-7-17-11)8-15(2)13(9-14)5-3-6-16-10-13/h4,7H,3,5-6,8-10,14H2,1-2H3. The van der Waals surface area contributed by atoms with Crippen LogP contribution in [0.3, 0.4) is 0 Å². The molecule has 2 heterocycles. The molecule has 0 radical (unpaired) electrons. The third-order valence-electron chi connectivity index (χ3n) is 3.87. The highest BCUT2D eigenvalue weighted by Crippen LogP contribution is 2.26. The maximum absolute atomic E-state index is 5.96. The Morgan fingerprint density at radius 1 is 1.53 bits per heavy atom. The van der Waals surface area contributed by atoms with Crippen LogP contribution < -0.4 is 5.73 Å². The smallest absolute Gasteiger partial charge is 0.105 e. The average molecular weight is 238 g/mol. The molecule has 0 aromatic carbocycles. The van der Waals surface area contributed by atoms with Crippen LogP contribution >= 0.6 is 0 Å². The number of likely N-dealkylation sites (N-methyl/N-ethyl adjacent to an activating group) is 1. The Bertz CT molecular complexity index is 356. The molecule has 4 heteroatoms. The molecule has 1 aliphatic rings. The molecule has 17 heavy (non-hydrogen) atoms. The lowest BCUT2D eigenvalue weighted by atomic mass is 9.90.